The Hall–Kier alpha value is -1.96. The number of ketones is 1. The van der Waals surface area contributed by atoms with Crippen LogP contribution in [0.25, 0.3) is 0 Å². The molecular weight excluding hydrogens is 496 g/mol. The second kappa shape index (κ2) is 14.1. The van der Waals surface area contributed by atoms with Crippen LogP contribution in [-0.4, -0.2) is 57.1 Å². The standard InChI is InChI=1S/C32H52O7/c1-10-24-27-16-28(34)38-26(13-12-18(3)17-32(9,39-27)31(24)37)23(8)30(36)21(6)15-19(4)14-20(5)29(35)22(7)25(33)11-2/h12,14,20-23,25-26,29-30,33,35-36H,10-11,13,15-17H2,1-9H3/b18-12+,19-14+/t20-,21+,22+,23-,25-,26?,29+,30+,32?/m0/s1. The molecular formula is C32H52O7. The topological polar surface area (TPSA) is 113 Å². The molecule has 222 valence electrons. The van der Waals surface area contributed by atoms with Crippen molar-refractivity contribution in [1.29, 1.82) is 0 Å². The van der Waals surface area contributed by atoms with Gasteiger partial charge in [0, 0.05) is 36.2 Å². The van der Waals surface area contributed by atoms with E-state index in [1.165, 1.54) is 0 Å². The molecule has 7 nitrogen and oxygen atoms in total. The summed E-state index contributed by atoms with van der Waals surface area (Å²) in [6.07, 6.45) is 4.08. The zero-order valence-electron chi connectivity index (χ0n) is 25.5. The van der Waals surface area contributed by atoms with Crippen LogP contribution in [-0.2, 0) is 19.1 Å². The van der Waals surface area contributed by atoms with Crippen molar-refractivity contribution in [2.75, 3.05) is 0 Å². The third-order valence-electron chi connectivity index (χ3n) is 8.70. The molecule has 39 heavy (non-hydrogen) atoms. The Kier molecular flexibility index (Phi) is 12.0. The SMILES string of the molecule is CCC1=C2CC(=O)OC([C@H](C)[C@H](O)[C@H](C)C/C(C)=C/[C@H](C)[C@@H](O)[C@H](C)[C@@H](O)CC)C/C=C(\C)CC(C)(O2)C1=O. The fraction of sp³-hybridized carbons (Fsp3) is 0.750. The van der Waals surface area contributed by atoms with Gasteiger partial charge in [-0.15, -0.1) is 0 Å². The number of aliphatic hydroxyl groups excluding tert-OH is 3. The molecule has 0 saturated carbocycles. The van der Waals surface area contributed by atoms with Crippen molar-refractivity contribution in [3.63, 3.8) is 0 Å². The molecule has 2 bridgehead atoms. The van der Waals surface area contributed by atoms with Gasteiger partial charge in [0.05, 0.1) is 18.3 Å². The smallest absolute Gasteiger partial charge is 0.313 e. The van der Waals surface area contributed by atoms with Gasteiger partial charge >= 0.3 is 5.97 Å². The lowest BCUT2D eigenvalue weighted by molar-refractivity contribution is -0.154. The number of rotatable bonds is 11. The molecule has 0 aromatic heterocycles. The Morgan fingerprint density at radius 3 is 2.36 bits per heavy atom. The first-order chi connectivity index (χ1) is 18.1. The maximum Gasteiger partial charge on any atom is 0.313 e. The molecule has 0 radical (unpaired) electrons. The van der Waals surface area contributed by atoms with Crippen LogP contribution in [0.15, 0.2) is 34.6 Å². The predicted molar refractivity (Wildman–Crippen MR) is 153 cm³/mol. The number of allylic oxidation sites excluding steroid dienone is 1. The lowest BCUT2D eigenvalue weighted by Gasteiger charge is -2.31. The van der Waals surface area contributed by atoms with E-state index in [4.69, 9.17) is 9.47 Å². The van der Waals surface area contributed by atoms with Gasteiger partial charge in [-0.2, -0.15) is 0 Å². The van der Waals surface area contributed by atoms with E-state index in [9.17, 15) is 24.9 Å². The summed E-state index contributed by atoms with van der Waals surface area (Å²) in [6.45, 7) is 17.2. The number of Topliss-reactive ketones (excluding diaryl/α,β-unsaturated/α-hetero) is 1. The average molecular weight is 549 g/mol. The van der Waals surface area contributed by atoms with Crippen LogP contribution >= 0.6 is 0 Å². The summed E-state index contributed by atoms with van der Waals surface area (Å²) in [6, 6.07) is 0. The number of hydrogen-bond donors (Lipinski definition) is 3. The largest absolute Gasteiger partial charge is 0.482 e. The number of cyclic esters (lactones) is 1. The van der Waals surface area contributed by atoms with E-state index in [2.05, 4.69) is 0 Å². The number of hydrogen-bond acceptors (Lipinski definition) is 7. The van der Waals surface area contributed by atoms with E-state index in [1.54, 1.807) is 6.92 Å². The Balaban J connectivity index is 2.14. The molecule has 0 fully saturated rings. The number of carbonyl (C=O) groups is 2. The first-order valence-corrected chi connectivity index (χ1v) is 14.7. The molecule has 0 amide bonds. The van der Waals surface area contributed by atoms with Gasteiger partial charge in [0.25, 0.3) is 0 Å². The van der Waals surface area contributed by atoms with Crippen LogP contribution in [0.4, 0.5) is 0 Å². The second-order valence-corrected chi connectivity index (χ2v) is 12.3. The predicted octanol–water partition coefficient (Wildman–Crippen LogP) is 5.42. The van der Waals surface area contributed by atoms with Crippen molar-refractivity contribution in [1.82, 2.24) is 0 Å². The number of aliphatic hydroxyl groups is 3. The minimum Gasteiger partial charge on any atom is -0.482 e. The highest BCUT2D eigenvalue weighted by Crippen LogP contribution is 2.39. The molecule has 0 aliphatic carbocycles. The minimum absolute atomic E-state index is 0.0588. The number of fused-ring (bicyclic) bond motifs is 2. The Morgan fingerprint density at radius 2 is 1.77 bits per heavy atom. The monoisotopic (exact) mass is 548 g/mol. The summed E-state index contributed by atoms with van der Waals surface area (Å²) < 4.78 is 11.9. The highest BCUT2D eigenvalue weighted by molar-refractivity contribution is 6.04. The first-order valence-electron chi connectivity index (χ1n) is 14.7. The van der Waals surface area contributed by atoms with Crippen LogP contribution in [0.5, 0.6) is 0 Å². The van der Waals surface area contributed by atoms with Gasteiger partial charge in [0.2, 0.25) is 5.78 Å². The molecule has 2 unspecified atom stereocenters. The van der Waals surface area contributed by atoms with Crippen molar-refractivity contribution in [3.05, 3.63) is 34.6 Å². The Morgan fingerprint density at radius 1 is 1.13 bits per heavy atom. The molecule has 0 spiro atoms. The summed E-state index contributed by atoms with van der Waals surface area (Å²) in [7, 11) is 0. The van der Waals surface area contributed by atoms with Crippen molar-refractivity contribution in [2.45, 2.75) is 131 Å². The van der Waals surface area contributed by atoms with E-state index in [1.807, 2.05) is 67.5 Å². The van der Waals surface area contributed by atoms with Gasteiger partial charge in [-0.1, -0.05) is 64.8 Å². The average Bonchev–Trinajstić information content (AvgIpc) is 3.09. The fourth-order valence-corrected chi connectivity index (χ4v) is 6.14. The first kappa shape index (κ1) is 33.2. The van der Waals surface area contributed by atoms with Gasteiger partial charge in [0.15, 0.2) is 5.60 Å². The van der Waals surface area contributed by atoms with Crippen molar-refractivity contribution >= 4 is 11.8 Å². The summed E-state index contributed by atoms with van der Waals surface area (Å²) >= 11 is 0. The third-order valence-corrected chi connectivity index (χ3v) is 8.70. The van der Waals surface area contributed by atoms with Crippen LogP contribution in [0.3, 0.4) is 0 Å². The van der Waals surface area contributed by atoms with Gasteiger partial charge in [-0.05, 0) is 46.0 Å². The molecule has 0 aromatic rings. The van der Waals surface area contributed by atoms with E-state index >= 15 is 0 Å². The Bertz CT molecular complexity index is 964. The van der Waals surface area contributed by atoms with E-state index < -0.39 is 36.0 Å². The quantitative estimate of drug-likeness (QED) is 0.233. The maximum atomic E-state index is 13.0. The van der Waals surface area contributed by atoms with Crippen LogP contribution in [0, 0.1) is 23.7 Å². The van der Waals surface area contributed by atoms with Crippen molar-refractivity contribution < 1.29 is 34.4 Å². The van der Waals surface area contributed by atoms with Gasteiger partial charge in [-0.3, -0.25) is 9.59 Å². The molecule has 0 aromatic carbocycles. The fourth-order valence-electron chi connectivity index (χ4n) is 6.14. The van der Waals surface area contributed by atoms with E-state index in [0.717, 1.165) is 11.1 Å². The van der Waals surface area contributed by atoms with Gasteiger partial charge in [0.1, 0.15) is 18.3 Å². The highest BCUT2D eigenvalue weighted by atomic mass is 16.6. The van der Waals surface area contributed by atoms with E-state index in [0.29, 0.717) is 43.4 Å². The second-order valence-electron chi connectivity index (χ2n) is 12.3. The highest BCUT2D eigenvalue weighted by Gasteiger charge is 2.45. The molecule has 9 atom stereocenters. The van der Waals surface area contributed by atoms with E-state index in [-0.39, 0.29) is 35.9 Å². The molecule has 2 aliphatic rings. The van der Waals surface area contributed by atoms with Gasteiger partial charge < -0.3 is 24.8 Å². The van der Waals surface area contributed by atoms with Crippen LogP contribution in [0.2, 0.25) is 0 Å². The normalized spacial score (nSPS) is 29.7. The molecule has 0 saturated heterocycles. The molecule has 2 aliphatic heterocycles. The number of ether oxygens (including phenoxy) is 2. The maximum absolute atomic E-state index is 13.0. The summed E-state index contributed by atoms with van der Waals surface area (Å²) in [4.78, 5) is 25.9. The van der Waals surface area contributed by atoms with Crippen LogP contribution in [0.1, 0.15) is 101 Å². The van der Waals surface area contributed by atoms with Crippen molar-refractivity contribution in [3.8, 4) is 0 Å². The number of carbonyl (C=O) groups excluding carboxylic acids is 2. The number of esters is 1. The van der Waals surface area contributed by atoms with Crippen molar-refractivity contribution in [2.24, 2.45) is 23.7 Å². The van der Waals surface area contributed by atoms with Crippen LogP contribution < -0.4 is 0 Å². The summed E-state index contributed by atoms with van der Waals surface area (Å²) in [5.41, 5.74) is 1.59. The zero-order valence-corrected chi connectivity index (χ0v) is 25.5. The Labute approximate surface area is 235 Å². The minimum atomic E-state index is -0.998. The summed E-state index contributed by atoms with van der Waals surface area (Å²) in [5.74, 6) is -0.900. The molecule has 7 heteroatoms. The lowest BCUT2D eigenvalue weighted by Crippen LogP contribution is -2.37. The molecule has 2 heterocycles. The third kappa shape index (κ3) is 8.27. The molecule has 2 rings (SSSR count). The molecule has 3 N–H and O–H groups in total. The van der Waals surface area contributed by atoms with Gasteiger partial charge in [-0.25, -0.2) is 0 Å². The zero-order chi connectivity index (χ0) is 29.7. The summed E-state index contributed by atoms with van der Waals surface area (Å²) in [5, 5.41) is 32.0. The lowest BCUT2D eigenvalue weighted by atomic mass is 9.83.